The fraction of sp³-hybridized carbons (Fsp3) is 0.207. The molecule has 0 spiro atoms. The Morgan fingerprint density at radius 1 is 0.846 bits per heavy atom. The number of rotatable bonds is 4. The molecule has 1 fully saturated rings. The first-order chi connectivity index (χ1) is 18.8. The number of piperazine rings is 1. The van der Waals surface area contributed by atoms with Crippen molar-refractivity contribution in [1.29, 1.82) is 0 Å². The predicted octanol–water partition coefficient (Wildman–Crippen LogP) is 6.45. The van der Waals surface area contributed by atoms with Crippen LogP contribution in [0.2, 0.25) is 10.0 Å². The monoisotopic (exact) mass is 561 g/mol. The number of hydrogen-bond acceptors (Lipinski definition) is 6. The molecule has 198 valence electrons. The van der Waals surface area contributed by atoms with Crippen LogP contribution in [0, 0.1) is 19.7 Å². The summed E-state index contributed by atoms with van der Waals surface area (Å²) in [5.41, 5.74) is 12.1. The molecule has 1 saturated heterocycles. The van der Waals surface area contributed by atoms with Crippen molar-refractivity contribution in [2.45, 2.75) is 13.8 Å². The maximum atomic E-state index is 15.1. The van der Waals surface area contributed by atoms with Gasteiger partial charge in [0, 0.05) is 37.4 Å². The summed E-state index contributed by atoms with van der Waals surface area (Å²) in [4.78, 5) is 14.1. The number of benzene rings is 3. The van der Waals surface area contributed by atoms with Gasteiger partial charge in [-0.1, -0.05) is 47.5 Å². The van der Waals surface area contributed by atoms with Crippen LogP contribution in [0.5, 0.6) is 0 Å². The highest BCUT2D eigenvalue weighted by Crippen LogP contribution is 2.36. The van der Waals surface area contributed by atoms with Crippen LogP contribution in [0.15, 0.2) is 60.7 Å². The minimum absolute atomic E-state index is 0.285. The van der Waals surface area contributed by atoms with Gasteiger partial charge in [0.1, 0.15) is 11.6 Å². The summed E-state index contributed by atoms with van der Waals surface area (Å²) in [6.07, 6.45) is 0. The van der Waals surface area contributed by atoms with E-state index in [1.807, 2.05) is 0 Å². The number of nitrogens with two attached hydrogens (primary N) is 1. The standard InChI is InChI=1S/C29H26Cl2FN7/c1-17-6-5-9-24(18(17)2)37-12-14-38(15-13-37)29-34-26(20-7-3-4-8-23(20)32)25-27(33)39(36-28(25)35-29)19-10-11-21(30)22(31)16-19/h3-11,16H,12-15,33H2,1-2H3. The largest absolute Gasteiger partial charge is 0.383 e. The second-order valence-corrected chi connectivity index (χ2v) is 10.5. The van der Waals surface area contributed by atoms with Gasteiger partial charge in [-0.25, -0.2) is 14.1 Å². The van der Waals surface area contributed by atoms with Crippen molar-refractivity contribution < 1.29 is 4.39 Å². The van der Waals surface area contributed by atoms with E-state index >= 15 is 4.39 Å². The zero-order valence-electron chi connectivity index (χ0n) is 21.5. The van der Waals surface area contributed by atoms with Crippen molar-refractivity contribution in [2.24, 2.45) is 0 Å². The van der Waals surface area contributed by atoms with E-state index in [4.69, 9.17) is 38.9 Å². The Bertz CT molecular complexity index is 1710. The molecule has 10 heteroatoms. The molecule has 0 radical (unpaired) electrons. The second-order valence-electron chi connectivity index (χ2n) is 9.64. The lowest BCUT2D eigenvalue weighted by molar-refractivity contribution is 0.629. The first kappa shape index (κ1) is 25.4. The third kappa shape index (κ3) is 4.53. The molecule has 6 rings (SSSR count). The highest BCUT2D eigenvalue weighted by Gasteiger charge is 2.25. The normalized spacial score (nSPS) is 13.9. The number of halogens is 3. The third-order valence-electron chi connectivity index (χ3n) is 7.31. The smallest absolute Gasteiger partial charge is 0.228 e. The van der Waals surface area contributed by atoms with Gasteiger partial charge in [0.05, 0.1) is 26.8 Å². The van der Waals surface area contributed by atoms with Crippen LogP contribution in [0.1, 0.15) is 11.1 Å². The Hall–Kier alpha value is -3.88. The zero-order chi connectivity index (χ0) is 27.3. The summed E-state index contributed by atoms with van der Waals surface area (Å²) >= 11 is 12.4. The first-order valence-electron chi connectivity index (χ1n) is 12.6. The van der Waals surface area contributed by atoms with Crippen LogP contribution in [0.4, 0.5) is 21.8 Å². The minimum atomic E-state index is -0.398. The lowest BCUT2D eigenvalue weighted by atomic mass is 10.1. The van der Waals surface area contributed by atoms with Gasteiger partial charge in [0.15, 0.2) is 5.65 Å². The maximum absolute atomic E-state index is 15.1. The van der Waals surface area contributed by atoms with Crippen LogP contribution in [-0.2, 0) is 0 Å². The first-order valence-corrected chi connectivity index (χ1v) is 13.4. The number of anilines is 3. The van der Waals surface area contributed by atoms with Gasteiger partial charge in [-0.05, 0) is 61.4 Å². The summed E-state index contributed by atoms with van der Waals surface area (Å²) in [5.74, 6) is 0.373. The lowest BCUT2D eigenvalue weighted by Crippen LogP contribution is -2.47. The zero-order valence-corrected chi connectivity index (χ0v) is 23.0. The van der Waals surface area contributed by atoms with Crippen LogP contribution in [0.25, 0.3) is 28.0 Å². The number of hydrogen-bond donors (Lipinski definition) is 1. The van der Waals surface area contributed by atoms with Crippen molar-refractivity contribution in [3.05, 3.63) is 87.7 Å². The molecule has 0 amide bonds. The van der Waals surface area contributed by atoms with E-state index in [1.54, 1.807) is 36.4 Å². The third-order valence-corrected chi connectivity index (χ3v) is 8.05. The molecule has 0 unspecified atom stereocenters. The van der Waals surface area contributed by atoms with Gasteiger partial charge >= 0.3 is 0 Å². The van der Waals surface area contributed by atoms with Gasteiger partial charge in [-0.15, -0.1) is 5.10 Å². The average Bonchev–Trinajstić information content (AvgIpc) is 3.28. The van der Waals surface area contributed by atoms with Crippen LogP contribution in [0.3, 0.4) is 0 Å². The van der Waals surface area contributed by atoms with Gasteiger partial charge in [-0.3, -0.25) is 0 Å². The molecule has 0 aliphatic carbocycles. The molecule has 3 aromatic carbocycles. The Balaban J connectivity index is 1.42. The second kappa shape index (κ2) is 10.0. The van der Waals surface area contributed by atoms with Crippen LogP contribution < -0.4 is 15.5 Å². The van der Waals surface area contributed by atoms with E-state index in [-0.39, 0.29) is 5.82 Å². The number of nitrogen functional groups attached to an aromatic ring is 1. The van der Waals surface area contributed by atoms with E-state index in [9.17, 15) is 0 Å². The molecule has 2 N–H and O–H groups in total. The highest BCUT2D eigenvalue weighted by molar-refractivity contribution is 6.42. The van der Waals surface area contributed by atoms with Crippen LogP contribution in [-0.4, -0.2) is 45.9 Å². The van der Waals surface area contributed by atoms with E-state index in [1.165, 1.54) is 27.6 Å². The quantitative estimate of drug-likeness (QED) is 0.271. The molecular formula is C29H26Cl2FN7. The minimum Gasteiger partial charge on any atom is -0.383 e. The molecule has 1 aliphatic rings. The maximum Gasteiger partial charge on any atom is 0.228 e. The topological polar surface area (TPSA) is 76.1 Å². The summed E-state index contributed by atoms with van der Waals surface area (Å²) < 4.78 is 16.6. The number of aryl methyl sites for hydroxylation is 1. The van der Waals surface area contributed by atoms with Gasteiger partial charge < -0.3 is 15.5 Å². The number of aromatic nitrogens is 4. The van der Waals surface area contributed by atoms with Crippen molar-refractivity contribution >= 4 is 51.7 Å². The van der Waals surface area contributed by atoms with E-state index in [2.05, 4.69) is 46.9 Å². The van der Waals surface area contributed by atoms with Gasteiger partial charge in [0.25, 0.3) is 0 Å². The fourth-order valence-corrected chi connectivity index (χ4v) is 5.32. The number of fused-ring (bicyclic) bond motifs is 1. The van der Waals surface area contributed by atoms with Crippen molar-refractivity contribution in [3.8, 4) is 16.9 Å². The molecule has 0 saturated carbocycles. The number of nitrogens with zero attached hydrogens (tertiary/aromatic N) is 6. The summed E-state index contributed by atoms with van der Waals surface area (Å²) in [7, 11) is 0. The van der Waals surface area contributed by atoms with Crippen LogP contribution >= 0.6 is 23.2 Å². The van der Waals surface area contributed by atoms with Crippen molar-refractivity contribution in [2.75, 3.05) is 41.7 Å². The summed E-state index contributed by atoms with van der Waals surface area (Å²) in [5, 5.41) is 5.96. The molecule has 7 nitrogen and oxygen atoms in total. The Kier molecular flexibility index (Phi) is 6.53. The van der Waals surface area contributed by atoms with Gasteiger partial charge in [-0.2, -0.15) is 4.98 Å². The average molecular weight is 562 g/mol. The van der Waals surface area contributed by atoms with Crippen molar-refractivity contribution in [1.82, 2.24) is 19.7 Å². The Labute approximate surface area is 235 Å². The van der Waals surface area contributed by atoms with E-state index in [0.717, 1.165) is 13.1 Å². The summed E-state index contributed by atoms with van der Waals surface area (Å²) in [6, 6.07) is 18.0. The Morgan fingerprint density at radius 3 is 2.33 bits per heavy atom. The summed E-state index contributed by atoms with van der Waals surface area (Å²) in [6.45, 7) is 7.31. The lowest BCUT2D eigenvalue weighted by Gasteiger charge is -2.37. The van der Waals surface area contributed by atoms with E-state index < -0.39 is 5.82 Å². The molecule has 2 aromatic heterocycles. The molecule has 0 bridgehead atoms. The molecular weight excluding hydrogens is 536 g/mol. The van der Waals surface area contributed by atoms with Crippen molar-refractivity contribution in [3.63, 3.8) is 0 Å². The Morgan fingerprint density at radius 2 is 1.59 bits per heavy atom. The molecule has 5 aromatic rings. The highest BCUT2D eigenvalue weighted by atomic mass is 35.5. The fourth-order valence-electron chi connectivity index (χ4n) is 5.03. The molecule has 3 heterocycles. The van der Waals surface area contributed by atoms with Gasteiger partial charge in [0.2, 0.25) is 5.95 Å². The predicted molar refractivity (Wildman–Crippen MR) is 157 cm³/mol. The molecule has 39 heavy (non-hydrogen) atoms. The molecule has 0 atom stereocenters. The molecule has 1 aliphatic heterocycles. The van der Waals surface area contributed by atoms with E-state index in [0.29, 0.717) is 57.1 Å². The SMILES string of the molecule is Cc1cccc(N2CCN(c3nc(-c4ccccc4F)c4c(N)n(-c5ccc(Cl)c(Cl)c5)nc4n3)CC2)c1C.